The van der Waals surface area contributed by atoms with Crippen molar-refractivity contribution < 1.29 is 38.5 Å². The molecular formula is C41H50N8O8. The maximum atomic E-state index is 14.3. The third-order valence-electron chi connectivity index (χ3n) is 10.2. The zero-order chi connectivity index (χ0) is 40.4. The summed E-state index contributed by atoms with van der Waals surface area (Å²) in [6.07, 6.45) is 2.56. The molecule has 3 aromatic carbocycles. The lowest BCUT2D eigenvalue weighted by molar-refractivity contribution is -0.146. The molecule has 16 nitrogen and oxygen atoms in total. The molecule has 4 heterocycles. The van der Waals surface area contributed by atoms with Crippen molar-refractivity contribution in [1.29, 1.82) is 0 Å². The molecule has 1 unspecified atom stereocenters. The first-order valence-corrected chi connectivity index (χ1v) is 19.1. The van der Waals surface area contributed by atoms with Gasteiger partial charge in [0, 0.05) is 44.5 Å². The van der Waals surface area contributed by atoms with E-state index in [0.717, 1.165) is 22.4 Å². The number of benzene rings is 3. The van der Waals surface area contributed by atoms with Crippen LogP contribution in [-0.2, 0) is 38.7 Å². The van der Waals surface area contributed by atoms with Crippen molar-refractivity contribution in [3.8, 4) is 17.2 Å². The number of hydrogen-bond donors (Lipinski definition) is 5. The molecule has 4 aromatic rings. The Morgan fingerprint density at radius 1 is 0.895 bits per heavy atom. The smallest absolute Gasteiger partial charge is 0.265 e. The van der Waals surface area contributed by atoms with Crippen molar-refractivity contribution in [3.63, 3.8) is 0 Å². The van der Waals surface area contributed by atoms with E-state index < -0.39 is 53.5 Å². The number of piperidine rings is 1. The topological polar surface area (TPSA) is 198 Å². The van der Waals surface area contributed by atoms with Crippen LogP contribution in [0.3, 0.4) is 0 Å². The van der Waals surface area contributed by atoms with Gasteiger partial charge in [-0.1, -0.05) is 36.4 Å². The fourth-order valence-corrected chi connectivity index (χ4v) is 6.95. The Morgan fingerprint density at radius 3 is 2.32 bits per heavy atom. The lowest BCUT2D eigenvalue weighted by Gasteiger charge is -2.41. The minimum absolute atomic E-state index is 0.156. The number of aliphatic hydroxyl groups is 1. The van der Waals surface area contributed by atoms with Crippen molar-refractivity contribution in [2.45, 2.75) is 76.0 Å². The molecule has 2 bridgehead atoms. The van der Waals surface area contributed by atoms with Gasteiger partial charge in [-0.25, -0.2) is 9.67 Å². The number of ether oxygens (including phenoxy) is 3. The first-order valence-electron chi connectivity index (χ1n) is 19.1. The zero-order valence-corrected chi connectivity index (χ0v) is 32.4. The maximum absolute atomic E-state index is 14.3. The second kappa shape index (κ2) is 18.8. The number of amides is 4. The highest BCUT2D eigenvalue weighted by Gasteiger charge is 2.46. The molecule has 16 heteroatoms. The number of aliphatic hydroxyl groups excluding tert-OH is 1. The molecule has 1 fully saturated rings. The third kappa shape index (κ3) is 10.7. The number of carbonyl (C=O) groups is 4. The summed E-state index contributed by atoms with van der Waals surface area (Å²) >= 11 is 0. The fraction of sp³-hybridized carbons (Fsp3) is 0.415. The highest BCUT2D eigenvalue weighted by Crippen LogP contribution is 2.32. The maximum Gasteiger partial charge on any atom is 0.265 e. The van der Waals surface area contributed by atoms with Gasteiger partial charge in [-0.3, -0.25) is 24.1 Å². The molecule has 5 N–H and O–H groups in total. The van der Waals surface area contributed by atoms with Crippen LogP contribution in [-0.4, -0.2) is 112 Å². The average Bonchev–Trinajstić information content (AvgIpc) is 3.72. The molecule has 302 valence electrons. The molecule has 3 aliphatic heterocycles. The van der Waals surface area contributed by atoms with E-state index in [2.05, 4.69) is 42.3 Å². The molecule has 4 atom stereocenters. The molecule has 1 saturated heterocycles. The summed E-state index contributed by atoms with van der Waals surface area (Å²) < 4.78 is 19.7. The summed E-state index contributed by atoms with van der Waals surface area (Å²) in [4.78, 5) is 60.9. The van der Waals surface area contributed by atoms with E-state index in [9.17, 15) is 24.3 Å². The molecule has 1 aromatic heterocycles. The number of aromatic nitrogens is 3. The van der Waals surface area contributed by atoms with Gasteiger partial charge in [0.1, 0.15) is 54.6 Å². The lowest BCUT2D eigenvalue weighted by Crippen LogP contribution is -2.63. The van der Waals surface area contributed by atoms with Crippen LogP contribution in [0.5, 0.6) is 17.2 Å². The fourth-order valence-electron chi connectivity index (χ4n) is 6.95. The summed E-state index contributed by atoms with van der Waals surface area (Å²) in [6.45, 7) is 5.23. The van der Waals surface area contributed by atoms with Crippen LogP contribution in [0.15, 0.2) is 85.5 Å². The SMILES string of the molecule is COc1ccc(CN2CCC3(CC2)Oc2ccc(cc2)OCCNC(=O)[C@H](Cc2ccccc2)NC(=O)[C@H](C)NC(=O)C([C@@H](C)O)NC3=O)cc1Cn1cncn1. The molecule has 57 heavy (non-hydrogen) atoms. The van der Waals surface area contributed by atoms with E-state index in [4.69, 9.17) is 14.2 Å². The highest BCUT2D eigenvalue weighted by molar-refractivity contribution is 5.95. The second-order valence-corrected chi connectivity index (χ2v) is 14.4. The first kappa shape index (κ1) is 40.7. The molecule has 0 aliphatic carbocycles. The van der Waals surface area contributed by atoms with Crippen molar-refractivity contribution in [1.82, 2.24) is 40.9 Å². The highest BCUT2D eigenvalue weighted by atomic mass is 16.5. The number of rotatable bonds is 8. The number of fused-ring (bicyclic) bond motifs is 15. The summed E-state index contributed by atoms with van der Waals surface area (Å²) in [5, 5.41) is 25.9. The van der Waals surface area contributed by atoms with Crippen LogP contribution < -0.4 is 35.5 Å². The minimum atomic E-state index is -1.42. The Kier molecular flexibility index (Phi) is 13.4. The quantitative estimate of drug-likeness (QED) is 0.162. The van der Waals surface area contributed by atoms with Gasteiger partial charge in [0.25, 0.3) is 5.91 Å². The van der Waals surface area contributed by atoms with Crippen LogP contribution >= 0.6 is 0 Å². The number of carbonyl (C=O) groups excluding carboxylic acids is 4. The van der Waals surface area contributed by atoms with Crippen LogP contribution in [0.4, 0.5) is 0 Å². The summed E-state index contributed by atoms with van der Waals surface area (Å²) in [5.74, 6) is -0.708. The number of methoxy groups -OCH3 is 1. The van der Waals surface area contributed by atoms with Gasteiger partial charge in [0.15, 0.2) is 5.60 Å². The monoisotopic (exact) mass is 782 g/mol. The van der Waals surface area contributed by atoms with Gasteiger partial charge in [-0.15, -0.1) is 0 Å². The lowest BCUT2D eigenvalue weighted by atomic mass is 9.89. The van der Waals surface area contributed by atoms with Crippen LogP contribution in [0.2, 0.25) is 0 Å². The van der Waals surface area contributed by atoms with Gasteiger partial charge in [0.2, 0.25) is 17.7 Å². The first-order chi connectivity index (χ1) is 27.5. The van der Waals surface area contributed by atoms with E-state index in [0.29, 0.717) is 37.7 Å². The average molecular weight is 783 g/mol. The summed E-state index contributed by atoms with van der Waals surface area (Å²) in [5.41, 5.74) is 1.43. The second-order valence-electron chi connectivity index (χ2n) is 14.4. The van der Waals surface area contributed by atoms with Crippen molar-refractivity contribution in [2.75, 3.05) is 33.4 Å². The number of nitrogens with zero attached hydrogens (tertiary/aromatic N) is 4. The Balaban J connectivity index is 1.20. The Labute approximate surface area is 331 Å². The van der Waals surface area contributed by atoms with E-state index in [-0.39, 0.29) is 32.4 Å². The molecular weight excluding hydrogens is 732 g/mol. The normalized spacial score (nSPS) is 21.6. The van der Waals surface area contributed by atoms with Gasteiger partial charge in [-0.05, 0) is 61.4 Å². The molecule has 0 saturated carbocycles. The molecule has 1 spiro atoms. The summed E-state index contributed by atoms with van der Waals surface area (Å²) in [6, 6.07) is 18.6. The molecule has 4 amide bonds. The van der Waals surface area contributed by atoms with Crippen molar-refractivity contribution in [2.24, 2.45) is 0 Å². The predicted molar refractivity (Wildman–Crippen MR) is 208 cm³/mol. The number of likely N-dealkylation sites (tertiary alicyclic amines) is 1. The van der Waals surface area contributed by atoms with E-state index >= 15 is 0 Å². The minimum Gasteiger partial charge on any atom is -0.496 e. The van der Waals surface area contributed by atoms with Crippen molar-refractivity contribution in [3.05, 3.63) is 102 Å². The predicted octanol–water partition coefficient (Wildman–Crippen LogP) is 1.36. The molecule has 3 aliphatic rings. The van der Waals surface area contributed by atoms with Gasteiger partial charge in [-0.2, -0.15) is 5.10 Å². The number of hydrogen-bond acceptors (Lipinski definition) is 11. The van der Waals surface area contributed by atoms with Gasteiger partial charge >= 0.3 is 0 Å². The van der Waals surface area contributed by atoms with Gasteiger partial charge in [0.05, 0.1) is 26.3 Å². The van der Waals surface area contributed by atoms with Gasteiger partial charge < -0.3 is 40.6 Å². The molecule has 0 radical (unpaired) electrons. The summed E-state index contributed by atoms with van der Waals surface area (Å²) in [7, 11) is 1.63. The van der Waals surface area contributed by atoms with E-state index in [1.54, 1.807) is 42.4 Å². The number of nitrogens with one attached hydrogen (secondary N) is 4. The Bertz CT molecular complexity index is 1970. The standard InChI is InChI=1S/C41H50N8O8/c1-27-37(51)46-34(22-29-7-5-4-6-8-29)38(52)43-17-20-56-32-10-12-33(13-11-32)57-41(40(54)47-36(28(2)50)39(53)45-27)15-18-48(19-16-41)23-30-9-14-35(55-3)31(21-30)24-49-26-42-25-44-49/h4-14,21,25-28,34,36,50H,15-20,22-24H2,1-3H3,(H,43,52)(H,45,53)(H,46,51)(H,47,54)/t27-,28+,34-,36?/m0/s1. The van der Waals surface area contributed by atoms with Crippen LogP contribution in [0.25, 0.3) is 0 Å². The Morgan fingerprint density at radius 2 is 1.63 bits per heavy atom. The third-order valence-corrected chi connectivity index (χ3v) is 10.2. The van der Waals surface area contributed by atoms with Crippen LogP contribution in [0.1, 0.15) is 43.4 Å². The molecule has 7 rings (SSSR count). The van der Waals surface area contributed by atoms with E-state index in [1.807, 2.05) is 42.5 Å². The van der Waals surface area contributed by atoms with Crippen molar-refractivity contribution >= 4 is 23.6 Å². The van der Waals surface area contributed by atoms with Crippen LogP contribution in [0, 0.1) is 0 Å². The largest absolute Gasteiger partial charge is 0.496 e. The van der Waals surface area contributed by atoms with E-state index in [1.165, 1.54) is 20.2 Å². The zero-order valence-electron chi connectivity index (χ0n) is 32.4. The Hall–Kier alpha value is -6.00.